The topological polar surface area (TPSA) is 72.2 Å². The van der Waals surface area contributed by atoms with Gasteiger partial charge in [0.25, 0.3) is 0 Å². The van der Waals surface area contributed by atoms with Crippen LogP contribution in [0.15, 0.2) is 53.9 Å². The highest BCUT2D eigenvalue weighted by molar-refractivity contribution is 7.11. The number of hydrogen-bond donors (Lipinski definition) is 0. The molecule has 0 aliphatic rings. The van der Waals surface area contributed by atoms with Crippen molar-refractivity contribution >= 4 is 29.0 Å². The molecule has 3 rings (SSSR count). The largest absolute Gasteiger partial charge is 0.494 e. The smallest absolute Gasteiger partial charge is 0.337 e. The van der Waals surface area contributed by atoms with Gasteiger partial charge in [0.05, 0.1) is 30.5 Å². The van der Waals surface area contributed by atoms with Crippen LogP contribution in [-0.2, 0) is 4.74 Å². The number of rotatable bonds is 6. The molecule has 0 radical (unpaired) electrons. The van der Waals surface area contributed by atoms with Crippen LogP contribution >= 0.6 is 11.3 Å². The third kappa shape index (κ3) is 4.45. The predicted octanol–water partition coefficient (Wildman–Crippen LogP) is 5.06. The molecule has 0 aliphatic carbocycles. The van der Waals surface area contributed by atoms with Crippen molar-refractivity contribution in [3.05, 3.63) is 70.0 Å². The Kier molecular flexibility index (Phi) is 6.20. The SMILES string of the molecule is CCOc1ccc(-c2csc(/C(C#N)=C/c3ccc(C(=O)OC)cc3)n2)cc1. The van der Waals surface area contributed by atoms with E-state index in [1.807, 2.05) is 36.6 Å². The van der Waals surface area contributed by atoms with Crippen LogP contribution in [0.5, 0.6) is 5.75 Å². The number of ether oxygens (including phenoxy) is 2. The quantitative estimate of drug-likeness (QED) is 0.434. The van der Waals surface area contributed by atoms with Crippen LogP contribution < -0.4 is 4.74 Å². The molecule has 2 aromatic carbocycles. The monoisotopic (exact) mass is 390 g/mol. The Labute approximate surface area is 167 Å². The zero-order valence-corrected chi connectivity index (χ0v) is 16.3. The fourth-order valence-corrected chi connectivity index (χ4v) is 3.36. The molecule has 0 N–H and O–H groups in total. The molecule has 0 amide bonds. The van der Waals surface area contributed by atoms with E-state index < -0.39 is 5.97 Å². The van der Waals surface area contributed by atoms with E-state index >= 15 is 0 Å². The summed E-state index contributed by atoms with van der Waals surface area (Å²) in [5.41, 5.74) is 3.51. The molecule has 3 aromatic rings. The van der Waals surface area contributed by atoms with Gasteiger partial charge in [-0.2, -0.15) is 5.26 Å². The van der Waals surface area contributed by atoms with Gasteiger partial charge in [-0.25, -0.2) is 9.78 Å². The summed E-state index contributed by atoms with van der Waals surface area (Å²) in [5.74, 6) is 0.422. The number of hydrogen-bond acceptors (Lipinski definition) is 6. The number of carbonyl (C=O) groups is 1. The highest BCUT2D eigenvalue weighted by Crippen LogP contribution is 2.28. The Morgan fingerprint density at radius 3 is 2.50 bits per heavy atom. The fourth-order valence-electron chi connectivity index (χ4n) is 2.56. The van der Waals surface area contributed by atoms with Gasteiger partial charge in [-0.1, -0.05) is 12.1 Å². The third-order valence-corrected chi connectivity index (χ3v) is 4.83. The first-order valence-corrected chi connectivity index (χ1v) is 9.52. The number of thiazole rings is 1. The van der Waals surface area contributed by atoms with Crippen molar-refractivity contribution < 1.29 is 14.3 Å². The molecule has 0 bridgehead atoms. The van der Waals surface area contributed by atoms with E-state index in [0.29, 0.717) is 22.8 Å². The van der Waals surface area contributed by atoms with Crippen molar-refractivity contribution in [3.63, 3.8) is 0 Å². The zero-order chi connectivity index (χ0) is 19.9. The van der Waals surface area contributed by atoms with Crippen molar-refractivity contribution in [2.45, 2.75) is 6.92 Å². The van der Waals surface area contributed by atoms with E-state index in [0.717, 1.165) is 22.6 Å². The third-order valence-electron chi connectivity index (χ3n) is 3.96. The molecule has 6 heteroatoms. The van der Waals surface area contributed by atoms with E-state index in [1.54, 1.807) is 30.3 Å². The standard InChI is InChI=1S/C22H18N2O3S/c1-3-27-19-10-8-16(9-11-19)20-14-28-21(24-20)18(13-23)12-15-4-6-17(7-5-15)22(25)26-2/h4-12,14H,3H2,1-2H3/b18-12+. The van der Waals surface area contributed by atoms with Crippen molar-refractivity contribution in [1.82, 2.24) is 4.98 Å². The molecule has 0 saturated heterocycles. The molecule has 0 fully saturated rings. The van der Waals surface area contributed by atoms with E-state index in [-0.39, 0.29) is 0 Å². The van der Waals surface area contributed by atoms with Gasteiger partial charge in [0.15, 0.2) is 0 Å². The molecule has 0 aliphatic heterocycles. The summed E-state index contributed by atoms with van der Waals surface area (Å²) in [6.45, 7) is 2.57. The van der Waals surface area contributed by atoms with Crippen molar-refractivity contribution in [3.8, 4) is 23.1 Å². The summed E-state index contributed by atoms with van der Waals surface area (Å²) < 4.78 is 10.1. The first-order valence-electron chi connectivity index (χ1n) is 8.64. The van der Waals surface area contributed by atoms with Gasteiger partial charge < -0.3 is 9.47 Å². The number of benzene rings is 2. The van der Waals surface area contributed by atoms with Gasteiger partial charge in [0.2, 0.25) is 0 Å². The van der Waals surface area contributed by atoms with Gasteiger partial charge in [0, 0.05) is 10.9 Å². The second-order valence-corrected chi connectivity index (χ2v) is 6.64. The molecule has 28 heavy (non-hydrogen) atoms. The van der Waals surface area contributed by atoms with Crippen LogP contribution in [0.25, 0.3) is 22.9 Å². The number of methoxy groups -OCH3 is 1. The molecular formula is C22H18N2O3S. The van der Waals surface area contributed by atoms with E-state index in [9.17, 15) is 10.1 Å². The van der Waals surface area contributed by atoms with Crippen LogP contribution in [0.3, 0.4) is 0 Å². The van der Waals surface area contributed by atoms with Gasteiger partial charge in [-0.3, -0.25) is 0 Å². The summed E-state index contributed by atoms with van der Waals surface area (Å²) in [6.07, 6.45) is 1.75. The van der Waals surface area contributed by atoms with Crippen molar-refractivity contribution in [2.24, 2.45) is 0 Å². The summed E-state index contributed by atoms with van der Waals surface area (Å²) in [6, 6.07) is 16.8. The second kappa shape index (κ2) is 8.98. The number of carbonyl (C=O) groups excluding carboxylic acids is 1. The molecule has 0 spiro atoms. The lowest BCUT2D eigenvalue weighted by molar-refractivity contribution is 0.0600. The molecule has 140 valence electrons. The Balaban J connectivity index is 1.82. The Bertz CT molecular complexity index is 1030. The highest BCUT2D eigenvalue weighted by atomic mass is 32.1. The van der Waals surface area contributed by atoms with Crippen molar-refractivity contribution in [1.29, 1.82) is 5.26 Å². The molecule has 5 nitrogen and oxygen atoms in total. The molecular weight excluding hydrogens is 372 g/mol. The number of nitrogens with zero attached hydrogens (tertiary/aromatic N) is 2. The molecule has 1 heterocycles. The Morgan fingerprint density at radius 1 is 1.18 bits per heavy atom. The lowest BCUT2D eigenvalue weighted by Crippen LogP contribution is -2.00. The maximum absolute atomic E-state index is 11.5. The predicted molar refractivity (Wildman–Crippen MR) is 110 cm³/mol. The van der Waals surface area contributed by atoms with Crippen LogP contribution in [0, 0.1) is 11.3 Å². The van der Waals surface area contributed by atoms with Crippen LogP contribution in [0.4, 0.5) is 0 Å². The van der Waals surface area contributed by atoms with Gasteiger partial charge >= 0.3 is 5.97 Å². The molecule has 0 atom stereocenters. The first-order chi connectivity index (χ1) is 13.6. The van der Waals surface area contributed by atoms with Crippen LogP contribution in [0.1, 0.15) is 27.9 Å². The minimum absolute atomic E-state index is 0.393. The minimum atomic E-state index is -0.393. The van der Waals surface area contributed by atoms with Gasteiger partial charge in [-0.15, -0.1) is 11.3 Å². The second-order valence-electron chi connectivity index (χ2n) is 5.78. The first kappa shape index (κ1) is 19.3. The average Bonchev–Trinajstić information content (AvgIpc) is 3.22. The number of allylic oxidation sites excluding steroid dienone is 1. The van der Waals surface area contributed by atoms with E-state index in [4.69, 9.17) is 9.47 Å². The highest BCUT2D eigenvalue weighted by Gasteiger charge is 2.10. The number of aromatic nitrogens is 1. The average molecular weight is 390 g/mol. The van der Waals surface area contributed by atoms with Crippen molar-refractivity contribution in [2.75, 3.05) is 13.7 Å². The normalized spacial score (nSPS) is 11.0. The maximum atomic E-state index is 11.5. The van der Waals surface area contributed by atoms with E-state index in [2.05, 4.69) is 11.1 Å². The van der Waals surface area contributed by atoms with E-state index in [1.165, 1.54) is 18.4 Å². The van der Waals surface area contributed by atoms with Crippen LogP contribution in [0.2, 0.25) is 0 Å². The minimum Gasteiger partial charge on any atom is -0.494 e. The lowest BCUT2D eigenvalue weighted by Gasteiger charge is -2.03. The summed E-state index contributed by atoms with van der Waals surface area (Å²) in [4.78, 5) is 16.1. The fraction of sp³-hybridized carbons (Fsp3) is 0.136. The summed E-state index contributed by atoms with van der Waals surface area (Å²) in [7, 11) is 1.34. The van der Waals surface area contributed by atoms with Gasteiger partial charge in [0.1, 0.15) is 16.8 Å². The zero-order valence-electron chi connectivity index (χ0n) is 15.5. The lowest BCUT2D eigenvalue weighted by atomic mass is 10.1. The summed E-state index contributed by atoms with van der Waals surface area (Å²) >= 11 is 1.42. The van der Waals surface area contributed by atoms with Gasteiger partial charge in [-0.05, 0) is 55.0 Å². The Morgan fingerprint density at radius 2 is 1.89 bits per heavy atom. The van der Waals surface area contributed by atoms with Crippen LogP contribution in [-0.4, -0.2) is 24.7 Å². The number of esters is 1. The molecule has 1 aromatic heterocycles. The Hall–Kier alpha value is -3.43. The number of nitriles is 1. The maximum Gasteiger partial charge on any atom is 0.337 e. The molecule has 0 unspecified atom stereocenters. The summed E-state index contributed by atoms with van der Waals surface area (Å²) in [5, 5.41) is 12.1. The molecule has 0 saturated carbocycles.